The van der Waals surface area contributed by atoms with E-state index in [4.69, 9.17) is 10.5 Å². The molecule has 12 heteroatoms. The van der Waals surface area contributed by atoms with Crippen molar-refractivity contribution in [2.24, 2.45) is 17.1 Å². The number of methoxy groups -OCH3 is 1. The number of nitrogens with one attached hydrogen (secondary N) is 2. The molecule has 0 bridgehead atoms. The number of carbonyl (C=O) groups excluding carboxylic acids is 3. The van der Waals surface area contributed by atoms with Crippen LogP contribution < -0.4 is 26.0 Å². The summed E-state index contributed by atoms with van der Waals surface area (Å²) in [6, 6.07) is 4.41. The minimum atomic E-state index is -1.20. The Bertz CT molecular complexity index is 1040. The molecule has 0 unspecified atom stereocenters. The fourth-order valence-electron chi connectivity index (χ4n) is 5.26. The first-order valence-corrected chi connectivity index (χ1v) is 13.6. The van der Waals surface area contributed by atoms with Gasteiger partial charge in [0.05, 0.1) is 18.4 Å². The standard InChI is InChI=1S/C28H42N4O8/c1-18(25(35)36)32(21-9-11-22(40-3)12-10-21)27(39)28(13-5-6-14-28)16-20(26(37)38)17-30-24(34)23(31-19(2)33)8-4-7-15-29/h9-12,18,20,23H,4-8,13-17,29H2,1-3H3,(H,30,34)(H,31,33)(H,35,36)(H,37,38)/t18-,20-,23-/m0/s1. The molecule has 222 valence electrons. The van der Waals surface area contributed by atoms with Crippen molar-refractivity contribution >= 4 is 35.3 Å². The fourth-order valence-corrected chi connectivity index (χ4v) is 5.26. The van der Waals surface area contributed by atoms with Crippen molar-refractivity contribution in [3.05, 3.63) is 24.3 Å². The van der Waals surface area contributed by atoms with E-state index in [-0.39, 0.29) is 18.9 Å². The zero-order valence-corrected chi connectivity index (χ0v) is 23.5. The zero-order valence-electron chi connectivity index (χ0n) is 23.5. The molecular formula is C28H42N4O8. The van der Waals surface area contributed by atoms with E-state index in [0.717, 1.165) is 0 Å². The largest absolute Gasteiger partial charge is 0.497 e. The van der Waals surface area contributed by atoms with Gasteiger partial charge in [-0.1, -0.05) is 12.8 Å². The summed E-state index contributed by atoms with van der Waals surface area (Å²) in [6.07, 6.45) is 3.74. The molecule has 1 aliphatic carbocycles. The molecule has 0 spiro atoms. The summed E-state index contributed by atoms with van der Waals surface area (Å²) < 4.78 is 5.18. The third kappa shape index (κ3) is 8.67. The second kappa shape index (κ2) is 15.2. The van der Waals surface area contributed by atoms with Crippen molar-refractivity contribution in [2.45, 2.75) is 77.3 Å². The van der Waals surface area contributed by atoms with Gasteiger partial charge in [-0.3, -0.25) is 24.1 Å². The smallest absolute Gasteiger partial charge is 0.326 e. The summed E-state index contributed by atoms with van der Waals surface area (Å²) in [5, 5.41) is 25.1. The normalized spacial score (nSPS) is 16.3. The molecule has 0 aliphatic heterocycles. The van der Waals surface area contributed by atoms with Crippen LogP contribution in [0.5, 0.6) is 5.75 Å². The number of unbranched alkanes of at least 4 members (excludes halogenated alkanes) is 1. The highest BCUT2D eigenvalue weighted by atomic mass is 16.5. The maximum atomic E-state index is 14.1. The maximum absolute atomic E-state index is 14.1. The van der Waals surface area contributed by atoms with Gasteiger partial charge in [0.15, 0.2) is 0 Å². The summed E-state index contributed by atoms with van der Waals surface area (Å²) in [4.78, 5) is 64.1. The third-order valence-corrected chi connectivity index (χ3v) is 7.48. The summed E-state index contributed by atoms with van der Waals surface area (Å²) in [5.41, 5.74) is 4.77. The Kier molecular flexibility index (Phi) is 12.4. The molecular weight excluding hydrogens is 520 g/mol. The third-order valence-electron chi connectivity index (χ3n) is 7.48. The molecule has 0 aromatic heterocycles. The van der Waals surface area contributed by atoms with Crippen LogP contribution in [0.4, 0.5) is 5.69 Å². The number of ether oxygens (including phenoxy) is 1. The Morgan fingerprint density at radius 2 is 1.68 bits per heavy atom. The second-order valence-corrected chi connectivity index (χ2v) is 10.4. The van der Waals surface area contributed by atoms with E-state index in [0.29, 0.717) is 62.9 Å². The number of nitrogens with zero attached hydrogens (tertiary/aromatic N) is 1. The quantitative estimate of drug-likeness (QED) is 0.187. The van der Waals surface area contributed by atoms with Gasteiger partial charge < -0.3 is 31.3 Å². The highest BCUT2D eigenvalue weighted by Crippen LogP contribution is 2.46. The number of carboxylic acid groups (broad SMARTS) is 2. The van der Waals surface area contributed by atoms with E-state index in [1.54, 1.807) is 24.3 Å². The zero-order chi connectivity index (χ0) is 29.9. The van der Waals surface area contributed by atoms with Gasteiger partial charge in [0.25, 0.3) is 0 Å². The maximum Gasteiger partial charge on any atom is 0.326 e. The van der Waals surface area contributed by atoms with Crippen LogP contribution in [0.2, 0.25) is 0 Å². The molecule has 6 N–H and O–H groups in total. The SMILES string of the molecule is COc1ccc(N(C(=O)C2(C[C@@H](CNC(=O)[C@H](CCCCN)NC(C)=O)C(=O)O)CCCC2)[C@@H](C)C(=O)O)cc1. The average molecular weight is 563 g/mol. The van der Waals surface area contributed by atoms with E-state index >= 15 is 0 Å². The van der Waals surface area contributed by atoms with Gasteiger partial charge >= 0.3 is 11.9 Å². The van der Waals surface area contributed by atoms with Crippen LogP contribution in [0.3, 0.4) is 0 Å². The Balaban J connectivity index is 2.29. The van der Waals surface area contributed by atoms with E-state index in [1.165, 1.54) is 25.9 Å². The van der Waals surface area contributed by atoms with Gasteiger partial charge in [-0.25, -0.2) is 4.79 Å². The fraction of sp³-hybridized carbons (Fsp3) is 0.607. The molecule has 0 heterocycles. The summed E-state index contributed by atoms with van der Waals surface area (Å²) in [6.45, 7) is 2.91. The van der Waals surface area contributed by atoms with Crippen LogP contribution in [0.1, 0.15) is 65.2 Å². The van der Waals surface area contributed by atoms with Crippen LogP contribution in [0, 0.1) is 11.3 Å². The minimum Gasteiger partial charge on any atom is -0.497 e. The van der Waals surface area contributed by atoms with Crippen LogP contribution in [0.25, 0.3) is 0 Å². The Morgan fingerprint density at radius 3 is 2.17 bits per heavy atom. The number of benzene rings is 1. The lowest BCUT2D eigenvalue weighted by atomic mass is 9.75. The Hall–Kier alpha value is -3.67. The monoisotopic (exact) mass is 562 g/mol. The molecule has 3 amide bonds. The minimum absolute atomic E-state index is 0.0710. The number of aliphatic carboxylic acids is 2. The lowest BCUT2D eigenvalue weighted by Gasteiger charge is -2.38. The lowest BCUT2D eigenvalue weighted by molar-refractivity contribution is -0.145. The number of carboxylic acids is 2. The van der Waals surface area contributed by atoms with Crippen molar-refractivity contribution in [1.29, 1.82) is 0 Å². The van der Waals surface area contributed by atoms with Crippen molar-refractivity contribution < 1.29 is 38.9 Å². The molecule has 0 radical (unpaired) electrons. The van der Waals surface area contributed by atoms with Crippen molar-refractivity contribution in [3.63, 3.8) is 0 Å². The van der Waals surface area contributed by atoms with Crippen LogP contribution >= 0.6 is 0 Å². The topological polar surface area (TPSA) is 188 Å². The predicted molar refractivity (Wildman–Crippen MR) is 148 cm³/mol. The van der Waals surface area contributed by atoms with E-state index in [9.17, 15) is 34.2 Å². The number of hydrogen-bond acceptors (Lipinski definition) is 7. The molecule has 1 aromatic carbocycles. The number of nitrogens with two attached hydrogens (primary N) is 1. The molecule has 1 saturated carbocycles. The van der Waals surface area contributed by atoms with Crippen LogP contribution in [-0.2, 0) is 24.0 Å². The van der Waals surface area contributed by atoms with Crippen molar-refractivity contribution in [3.8, 4) is 5.75 Å². The number of hydrogen-bond donors (Lipinski definition) is 5. The van der Waals surface area contributed by atoms with E-state index < -0.39 is 47.2 Å². The predicted octanol–water partition coefficient (Wildman–Crippen LogP) is 1.90. The first-order chi connectivity index (χ1) is 19.0. The lowest BCUT2D eigenvalue weighted by Crippen LogP contribution is -2.52. The summed E-state index contributed by atoms with van der Waals surface area (Å²) in [5.74, 6) is -4.30. The highest BCUT2D eigenvalue weighted by molar-refractivity contribution is 6.02. The van der Waals surface area contributed by atoms with Crippen molar-refractivity contribution in [2.75, 3.05) is 25.1 Å². The molecule has 1 aliphatic rings. The molecule has 1 aromatic rings. The van der Waals surface area contributed by atoms with Gasteiger partial charge in [-0.15, -0.1) is 0 Å². The van der Waals surface area contributed by atoms with Gasteiger partial charge in [-0.05, 0) is 76.3 Å². The Labute approximate surface area is 234 Å². The molecule has 12 nitrogen and oxygen atoms in total. The Morgan fingerprint density at radius 1 is 1.05 bits per heavy atom. The first-order valence-electron chi connectivity index (χ1n) is 13.6. The van der Waals surface area contributed by atoms with Crippen LogP contribution in [0.15, 0.2) is 24.3 Å². The van der Waals surface area contributed by atoms with Gasteiger partial charge in [0, 0.05) is 19.2 Å². The number of anilines is 1. The molecule has 40 heavy (non-hydrogen) atoms. The number of rotatable bonds is 16. The molecule has 0 saturated heterocycles. The van der Waals surface area contributed by atoms with Gasteiger partial charge in [0.1, 0.15) is 17.8 Å². The first kappa shape index (κ1) is 32.5. The van der Waals surface area contributed by atoms with E-state index in [2.05, 4.69) is 10.6 Å². The average Bonchev–Trinajstić information content (AvgIpc) is 3.40. The van der Waals surface area contributed by atoms with Gasteiger partial charge in [-0.2, -0.15) is 0 Å². The molecule has 1 fully saturated rings. The van der Waals surface area contributed by atoms with E-state index in [1.807, 2.05) is 0 Å². The number of amides is 3. The summed E-state index contributed by atoms with van der Waals surface area (Å²) >= 11 is 0. The van der Waals surface area contributed by atoms with Gasteiger partial charge in [0.2, 0.25) is 17.7 Å². The highest BCUT2D eigenvalue weighted by Gasteiger charge is 2.48. The summed E-state index contributed by atoms with van der Waals surface area (Å²) in [7, 11) is 1.49. The van der Waals surface area contributed by atoms with Crippen molar-refractivity contribution in [1.82, 2.24) is 10.6 Å². The number of carbonyl (C=O) groups is 5. The second-order valence-electron chi connectivity index (χ2n) is 10.4. The molecule has 2 rings (SSSR count). The molecule has 3 atom stereocenters. The van der Waals surface area contributed by atoms with Crippen LogP contribution in [-0.4, -0.2) is 72.2 Å².